The van der Waals surface area contributed by atoms with E-state index in [1.807, 2.05) is 0 Å². The average molecular weight is 351 g/mol. The monoisotopic (exact) mass is 350 g/mol. The van der Waals surface area contributed by atoms with Crippen molar-refractivity contribution >= 4 is 22.4 Å². The summed E-state index contributed by atoms with van der Waals surface area (Å²) >= 11 is 0. The van der Waals surface area contributed by atoms with Crippen LogP contribution in [0.4, 0.5) is 0 Å². The van der Waals surface area contributed by atoms with E-state index in [9.17, 15) is 8.42 Å². The molecule has 2 N–H and O–H groups in total. The summed E-state index contributed by atoms with van der Waals surface area (Å²) in [5, 5.41) is 0. The summed E-state index contributed by atoms with van der Waals surface area (Å²) < 4.78 is 37.7. The first-order chi connectivity index (χ1) is 10.0. The molecule has 6 nitrogen and oxygen atoms in total. The molecular weight excluding hydrogens is 328 g/mol. The van der Waals surface area contributed by atoms with Crippen LogP contribution in [0.2, 0.25) is 0 Å². The van der Waals surface area contributed by atoms with E-state index >= 15 is 0 Å². The van der Waals surface area contributed by atoms with Gasteiger partial charge < -0.3 is 15.2 Å². The summed E-state index contributed by atoms with van der Waals surface area (Å²) in [6.45, 7) is 0.676. The standard InChI is InChI=1S/C14H22N2O4S.ClH/c1-19-12-7-8-16(11(9-12)10-15)21(17,18)14-6-4-3-5-13(14)20-2;/h3-6,11-12H,7-10,15H2,1-2H3;1H. The molecule has 8 heteroatoms. The van der Waals surface area contributed by atoms with Crippen LogP contribution in [0.3, 0.4) is 0 Å². The second kappa shape index (κ2) is 8.12. The molecule has 0 saturated carbocycles. The van der Waals surface area contributed by atoms with Crippen LogP contribution in [0, 0.1) is 0 Å². The van der Waals surface area contributed by atoms with Crippen LogP contribution in [0.5, 0.6) is 5.75 Å². The Morgan fingerprint density at radius 1 is 1.32 bits per heavy atom. The van der Waals surface area contributed by atoms with Crippen LogP contribution in [-0.2, 0) is 14.8 Å². The fourth-order valence-electron chi connectivity index (χ4n) is 2.70. The van der Waals surface area contributed by atoms with Crippen molar-refractivity contribution in [3.05, 3.63) is 24.3 Å². The zero-order chi connectivity index (χ0) is 15.5. The number of benzene rings is 1. The first-order valence-electron chi connectivity index (χ1n) is 6.92. The lowest BCUT2D eigenvalue weighted by Crippen LogP contribution is -2.51. The van der Waals surface area contributed by atoms with Gasteiger partial charge in [0.25, 0.3) is 0 Å². The molecule has 1 aromatic carbocycles. The molecule has 1 aromatic rings. The smallest absolute Gasteiger partial charge is 0.247 e. The second-order valence-corrected chi connectivity index (χ2v) is 6.90. The van der Waals surface area contributed by atoms with Gasteiger partial charge >= 0.3 is 0 Å². The van der Waals surface area contributed by atoms with E-state index in [0.717, 1.165) is 0 Å². The molecule has 0 spiro atoms. The Bertz CT molecular complexity index is 582. The fraction of sp³-hybridized carbons (Fsp3) is 0.571. The van der Waals surface area contributed by atoms with Gasteiger partial charge in [0.05, 0.1) is 13.2 Å². The van der Waals surface area contributed by atoms with Crippen molar-refractivity contribution in [3.8, 4) is 5.75 Å². The Balaban J connectivity index is 0.00000242. The molecule has 1 saturated heterocycles. The van der Waals surface area contributed by atoms with Crippen molar-refractivity contribution in [2.24, 2.45) is 5.73 Å². The summed E-state index contributed by atoms with van der Waals surface area (Å²) in [7, 11) is -0.519. The molecule has 2 rings (SSSR count). The minimum atomic E-state index is -3.62. The van der Waals surface area contributed by atoms with Gasteiger partial charge in [-0.1, -0.05) is 12.1 Å². The molecular formula is C14H23ClN2O4S. The maximum Gasteiger partial charge on any atom is 0.247 e. The van der Waals surface area contributed by atoms with E-state index in [2.05, 4.69) is 0 Å². The third-order valence-corrected chi connectivity index (χ3v) is 5.87. The van der Waals surface area contributed by atoms with Gasteiger partial charge in [0.15, 0.2) is 0 Å². The van der Waals surface area contributed by atoms with Crippen molar-refractivity contribution < 1.29 is 17.9 Å². The number of rotatable bonds is 5. The highest BCUT2D eigenvalue weighted by atomic mass is 35.5. The van der Waals surface area contributed by atoms with E-state index in [-0.39, 0.29) is 36.0 Å². The maximum absolute atomic E-state index is 12.9. The van der Waals surface area contributed by atoms with Gasteiger partial charge in [-0.15, -0.1) is 12.4 Å². The number of hydrogen-bond donors (Lipinski definition) is 1. The lowest BCUT2D eigenvalue weighted by Gasteiger charge is -2.37. The predicted octanol–water partition coefficient (Wildman–Crippen LogP) is 1.24. The minimum Gasteiger partial charge on any atom is -0.495 e. The third-order valence-electron chi connectivity index (χ3n) is 3.87. The van der Waals surface area contributed by atoms with Crippen molar-refractivity contribution in [1.82, 2.24) is 4.31 Å². The molecule has 0 amide bonds. The van der Waals surface area contributed by atoms with Gasteiger partial charge in [0.1, 0.15) is 10.6 Å². The van der Waals surface area contributed by atoms with Gasteiger partial charge in [-0.25, -0.2) is 8.42 Å². The normalized spacial score (nSPS) is 22.9. The Morgan fingerprint density at radius 3 is 2.59 bits per heavy atom. The van der Waals surface area contributed by atoms with Crippen molar-refractivity contribution in [2.75, 3.05) is 27.3 Å². The van der Waals surface area contributed by atoms with Gasteiger partial charge in [0, 0.05) is 26.2 Å². The number of halogens is 1. The van der Waals surface area contributed by atoms with Crippen LogP contribution < -0.4 is 10.5 Å². The zero-order valence-electron chi connectivity index (χ0n) is 12.8. The summed E-state index contributed by atoms with van der Waals surface area (Å²) in [5.74, 6) is 0.349. The lowest BCUT2D eigenvalue weighted by molar-refractivity contribution is 0.0401. The Morgan fingerprint density at radius 2 is 2.00 bits per heavy atom. The molecule has 1 fully saturated rings. The first-order valence-corrected chi connectivity index (χ1v) is 8.36. The number of methoxy groups -OCH3 is 2. The molecule has 126 valence electrons. The van der Waals surface area contributed by atoms with Gasteiger partial charge in [-0.05, 0) is 25.0 Å². The van der Waals surface area contributed by atoms with E-state index < -0.39 is 10.0 Å². The SMILES string of the molecule is COc1ccccc1S(=O)(=O)N1CCC(OC)CC1CN.Cl. The maximum atomic E-state index is 12.9. The van der Waals surface area contributed by atoms with E-state index in [4.69, 9.17) is 15.2 Å². The van der Waals surface area contributed by atoms with Crippen LogP contribution >= 0.6 is 12.4 Å². The van der Waals surface area contributed by atoms with Crippen molar-refractivity contribution in [2.45, 2.75) is 29.9 Å². The van der Waals surface area contributed by atoms with Crippen LogP contribution in [0.15, 0.2) is 29.2 Å². The molecule has 22 heavy (non-hydrogen) atoms. The molecule has 2 unspecified atom stereocenters. The first kappa shape index (κ1) is 19.2. The largest absolute Gasteiger partial charge is 0.495 e. The van der Waals surface area contributed by atoms with Crippen molar-refractivity contribution in [3.63, 3.8) is 0 Å². The number of para-hydroxylation sites is 1. The highest BCUT2D eigenvalue weighted by Gasteiger charge is 2.37. The zero-order valence-corrected chi connectivity index (χ0v) is 14.4. The molecule has 1 aliphatic heterocycles. The fourth-order valence-corrected chi connectivity index (χ4v) is 4.51. The molecule has 1 aliphatic rings. The minimum absolute atomic E-state index is 0. The summed E-state index contributed by atoms with van der Waals surface area (Å²) in [5.41, 5.74) is 5.76. The molecule has 0 aromatic heterocycles. The van der Waals surface area contributed by atoms with E-state index in [1.54, 1.807) is 31.4 Å². The second-order valence-electron chi connectivity index (χ2n) is 5.04. The average Bonchev–Trinajstić information content (AvgIpc) is 2.53. The topological polar surface area (TPSA) is 81.9 Å². The van der Waals surface area contributed by atoms with Crippen molar-refractivity contribution in [1.29, 1.82) is 0 Å². The summed E-state index contributed by atoms with van der Waals surface area (Å²) in [4.78, 5) is 0.182. The van der Waals surface area contributed by atoms with Crippen LogP contribution in [0.25, 0.3) is 0 Å². The van der Waals surface area contributed by atoms with Gasteiger partial charge in [-0.3, -0.25) is 0 Å². The highest BCUT2D eigenvalue weighted by molar-refractivity contribution is 7.89. The number of nitrogens with zero attached hydrogens (tertiary/aromatic N) is 1. The van der Waals surface area contributed by atoms with E-state index in [0.29, 0.717) is 25.1 Å². The van der Waals surface area contributed by atoms with Crippen LogP contribution in [0.1, 0.15) is 12.8 Å². The molecule has 0 aliphatic carbocycles. The Labute approximate surface area is 138 Å². The Kier molecular flexibility index (Phi) is 7.08. The number of sulfonamides is 1. The number of hydrogen-bond acceptors (Lipinski definition) is 5. The highest BCUT2D eigenvalue weighted by Crippen LogP contribution is 2.31. The molecule has 0 bridgehead atoms. The van der Waals surface area contributed by atoms with Crippen LogP contribution in [-0.4, -0.2) is 52.2 Å². The van der Waals surface area contributed by atoms with E-state index in [1.165, 1.54) is 11.4 Å². The predicted molar refractivity (Wildman–Crippen MR) is 87.0 cm³/mol. The summed E-state index contributed by atoms with van der Waals surface area (Å²) in [6, 6.07) is 6.39. The molecule has 1 heterocycles. The molecule has 0 radical (unpaired) electrons. The molecule has 2 atom stereocenters. The lowest BCUT2D eigenvalue weighted by atomic mass is 10.0. The number of piperidine rings is 1. The van der Waals surface area contributed by atoms with Gasteiger partial charge in [0.2, 0.25) is 10.0 Å². The van der Waals surface area contributed by atoms with Gasteiger partial charge in [-0.2, -0.15) is 4.31 Å². The third kappa shape index (κ3) is 3.72. The Hall–Kier alpha value is -0.860. The summed E-state index contributed by atoms with van der Waals surface area (Å²) in [6.07, 6.45) is 1.34. The quantitative estimate of drug-likeness (QED) is 0.864. The number of ether oxygens (including phenoxy) is 2. The number of nitrogens with two attached hydrogens (primary N) is 1.